The predicted molar refractivity (Wildman–Crippen MR) is 84.2 cm³/mol. The molecule has 1 nitrogen and oxygen atoms in total. The molecule has 0 aromatic heterocycles. The van der Waals surface area contributed by atoms with E-state index in [-0.39, 0.29) is 14.4 Å². The summed E-state index contributed by atoms with van der Waals surface area (Å²) in [5, 5.41) is 0. The third-order valence-electron chi connectivity index (χ3n) is 4.29. The van der Waals surface area contributed by atoms with E-state index in [2.05, 4.69) is 27.3 Å². The minimum atomic E-state index is -0.372. The fraction of sp³-hybridized carbons (Fsp3) is 1.00. The second-order valence-corrected chi connectivity index (χ2v) is 10.7. The number of unbranched alkanes of at least 4 members (excludes halogenated alkanes) is 3. The quantitative estimate of drug-likeness (QED) is 0.437. The van der Waals surface area contributed by atoms with E-state index in [1.165, 1.54) is 44.1 Å². The lowest BCUT2D eigenvalue weighted by Crippen LogP contribution is -2.19. The molecule has 0 aromatic rings. The van der Waals surface area contributed by atoms with Crippen LogP contribution in [0.15, 0.2) is 0 Å². The molecule has 0 saturated heterocycles. The first-order chi connectivity index (χ1) is 8.49. The van der Waals surface area contributed by atoms with Crippen molar-refractivity contribution in [3.8, 4) is 0 Å². The second-order valence-electron chi connectivity index (χ2n) is 7.19. The first-order valence-electron chi connectivity index (χ1n) is 8.13. The zero-order chi connectivity index (χ0) is 13.4. The molecular weight excluding hydrogens is 236 g/mol. The largest absolute Gasteiger partial charge is 0.376 e. The summed E-state index contributed by atoms with van der Waals surface area (Å²) in [7, 11) is -0.372. The average molecular weight is 271 g/mol. The zero-order valence-corrected chi connectivity index (χ0v) is 14.3. The van der Waals surface area contributed by atoms with Gasteiger partial charge < -0.3 is 4.74 Å². The molecule has 0 radical (unpaired) electrons. The summed E-state index contributed by atoms with van der Waals surface area (Å²) in [6, 6.07) is 1.59. The van der Waals surface area contributed by atoms with Crippen LogP contribution in [-0.2, 0) is 4.74 Å². The third kappa shape index (κ3) is 7.58. The summed E-state index contributed by atoms with van der Waals surface area (Å²) in [5.74, 6) is 0. The van der Waals surface area contributed by atoms with Crippen molar-refractivity contribution in [3.05, 3.63) is 0 Å². The molecule has 108 valence electrons. The monoisotopic (exact) mass is 270 g/mol. The van der Waals surface area contributed by atoms with Gasteiger partial charge in [-0.05, 0) is 32.7 Å². The summed E-state index contributed by atoms with van der Waals surface area (Å²) < 4.78 is 5.75. The van der Waals surface area contributed by atoms with Crippen molar-refractivity contribution in [2.45, 2.75) is 95.9 Å². The fourth-order valence-electron chi connectivity index (χ4n) is 3.06. The summed E-state index contributed by atoms with van der Waals surface area (Å²) in [6.45, 7) is 9.98. The topological polar surface area (TPSA) is 9.23 Å². The Bertz CT molecular complexity index is 204. The van der Waals surface area contributed by atoms with Gasteiger partial charge in [-0.15, -0.1) is 0 Å². The number of ether oxygens (including phenoxy) is 1. The summed E-state index contributed by atoms with van der Waals surface area (Å²) in [4.78, 5) is 0. The Labute approximate surface area is 116 Å². The minimum Gasteiger partial charge on any atom is -0.376 e. The zero-order valence-electron chi connectivity index (χ0n) is 13.1. The molecule has 2 heteroatoms. The van der Waals surface area contributed by atoms with E-state index in [1.54, 1.807) is 18.9 Å². The van der Waals surface area contributed by atoms with Gasteiger partial charge in [0.2, 0.25) is 0 Å². The van der Waals surface area contributed by atoms with Crippen LogP contribution in [0.5, 0.6) is 0 Å². The summed E-state index contributed by atoms with van der Waals surface area (Å²) in [6.07, 6.45) is 11.7. The smallest absolute Gasteiger partial charge is 0.0598 e. The first kappa shape index (κ1) is 16.2. The molecule has 0 bridgehead atoms. The number of hydrogen-bond donors (Lipinski definition) is 0. The van der Waals surface area contributed by atoms with Crippen molar-refractivity contribution in [1.82, 2.24) is 0 Å². The molecule has 0 spiro atoms. The van der Waals surface area contributed by atoms with Gasteiger partial charge in [0.15, 0.2) is 0 Å². The van der Waals surface area contributed by atoms with Crippen molar-refractivity contribution in [2.75, 3.05) is 6.61 Å². The van der Waals surface area contributed by atoms with E-state index in [9.17, 15) is 0 Å². The van der Waals surface area contributed by atoms with Crippen LogP contribution in [0.4, 0.5) is 0 Å². The maximum absolute atomic E-state index is 5.75. The van der Waals surface area contributed by atoms with Crippen molar-refractivity contribution >= 4 is 8.80 Å². The van der Waals surface area contributed by atoms with Crippen molar-refractivity contribution < 1.29 is 4.74 Å². The van der Waals surface area contributed by atoms with Crippen molar-refractivity contribution in [3.63, 3.8) is 0 Å². The molecule has 0 aliphatic heterocycles. The predicted octanol–water partition coefficient (Wildman–Crippen LogP) is 5.16. The summed E-state index contributed by atoms with van der Waals surface area (Å²) in [5.41, 5.74) is 1.23. The number of hydrogen-bond acceptors (Lipinski definition) is 1. The van der Waals surface area contributed by atoms with E-state index in [0.29, 0.717) is 0 Å². The number of rotatable bonds is 8. The maximum Gasteiger partial charge on any atom is 0.0598 e. The molecule has 18 heavy (non-hydrogen) atoms. The molecule has 1 aliphatic carbocycles. The Morgan fingerprint density at radius 1 is 1.00 bits per heavy atom. The molecule has 0 aromatic carbocycles. The highest BCUT2D eigenvalue weighted by molar-refractivity contribution is 6.59. The highest BCUT2D eigenvalue weighted by atomic mass is 28.3. The second kappa shape index (κ2) is 8.37. The van der Waals surface area contributed by atoms with Crippen LogP contribution in [0.3, 0.4) is 0 Å². The first-order valence-corrected chi connectivity index (χ1v) is 10.8. The standard InChI is InChI=1S/C16H34OSi/c1-16(2,3)17-13-9-5-6-10-14-18(4)15-11-7-8-12-15/h15,18H,5-14H2,1-4H3. The van der Waals surface area contributed by atoms with Gasteiger partial charge in [0.05, 0.1) is 5.60 Å². The van der Waals surface area contributed by atoms with Gasteiger partial charge in [-0.1, -0.05) is 57.5 Å². The van der Waals surface area contributed by atoms with Crippen LogP contribution in [0.2, 0.25) is 18.1 Å². The molecule has 1 atom stereocenters. The van der Waals surface area contributed by atoms with E-state index >= 15 is 0 Å². The molecule has 0 amide bonds. The molecule has 1 fully saturated rings. The Balaban J connectivity index is 1.89. The Morgan fingerprint density at radius 3 is 2.22 bits per heavy atom. The van der Waals surface area contributed by atoms with Crippen LogP contribution in [0.1, 0.15) is 72.1 Å². The van der Waals surface area contributed by atoms with Gasteiger partial charge in [-0.3, -0.25) is 0 Å². The van der Waals surface area contributed by atoms with Crippen LogP contribution in [0, 0.1) is 0 Å². The lowest BCUT2D eigenvalue weighted by molar-refractivity contribution is -0.00471. The van der Waals surface area contributed by atoms with Gasteiger partial charge in [-0.25, -0.2) is 0 Å². The fourth-order valence-corrected chi connectivity index (χ4v) is 6.08. The van der Waals surface area contributed by atoms with Crippen molar-refractivity contribution in [1.29, 1.82) is 0 Å². The lowest BCUT2D eigenvalue weighted by atomic mass is 10.2. The molecular formula is C16H34OSi. The molecule has 0 N–H and O–H groups in total. The van der Waals surface area contributed by atoms with E-state index in [0.717, 1.165) is 6.61 Å². The third-order valence-corrected chi connectivity index (χ3v) is 7.89. The molecule has 1 rings (SSSR count). The van der Waals surface area contributed by atoms with Crippen LogP contribution in [0.25, 0.3) is 0 Å². The van der Waals surface area contributed by atoms with Crippen LogP contribution >= 0.6 is 0 Å². The van der Waals surface area contributed by atoms with Gasteiger partial charge >= 0.3 is 0 Å². The highest BCUT2D eigenvalue weighted by Gasteiger charge is 2.21. The van der Waals surface area contributed by atoms with E-state index in [4.69, 9.17) is 4.74 Å². The molecule has 1 saturated carbocycles. The Hall–Kier alpha value is 0.177. The van der Waals surface area contributed by atoms with E-state index < -0.39 is 0 Å². The highest BCUT2D eigenvalue weighted by Crippen LogP contribution is 2.34. The van der Waals surface area contributed by atoms with E-state index in [1.807, 2.05) is 0 Å². The lowest BCUT2D eigenvalue weighted by Gasteiger charge is -2.19. The van der Waals surface area contributed by atoms with Crippen LogP contribution < -0.4 is 0 Å². The van der Waals surface area contributed by atoms with Crippen LogP contribution in [-0.4, -0.2) is 21.0 Å². The van der Waals surface area contributed by atoms with Gasteiger partial charge in [-0.2, -0.15) is 0 Å². The SMILES string of the molecule is C[SiH](CCCCCCOC(C)(C)C)C1CCCC1. The van der Waals surface area contributed by atoms with Gasteiger partial charge in [0.25, 0.3) is 0 Å². The Kier molecular flexibility index (Phi) is 7.55. The Morgan fingerprint density at radius 2 is 1.61 bits per heavy atom. The molecule has 0 heterocycles. The molecule has 1 unspecified atom stereocenters. The minimum absolute atomic E-state index is 0.0455. The average Bonchev–Trinajstić information content (AvgIpc) is 2.79. The van der Waals surface area contributed by atoms with Gasteiger partial charge in [0, 0.05) is 15.4 Å². The van der Waals surface area contributed by atoms with Gasteiger partial charge in [0.1, 0.15) is 0 Å². The molecule has 1 aliphatic rings. The normalized spacial score (nSPS) is 19.3. The maximum atomic E-state index is 5.75. The summed E-state index contributed by atoms with van der Waals surface area (Å²) >= 11 is 0. The van der Waals surface area contributed by atoms with Crippen molar-refractivity contribution in [2.24, 2.45) is 0 Å².